The summed E-state index contributed by atoms with van der Waals surface area (Å²) >= 11 is 0. The minimum atomic E-state index is -1.45. The van der Waals surface area contributed by atoms with E-state index in [2.05, 4.69) is 19.9 Å². The van der Waals surface area contributed by atoms with Crippen LogP contribution in [-0.2, 0) is 19.0 Å². The standard InChI is InChI=1S/C29H42O9/c1-27-8-5-17(37-26-25(34)24(33)23(32)21(13-30)38-26)12-16(27)3-4-20-19(27)6-9-28(2)18(7-10-29(20,28)35)15-11-22(31)36-14-15/h3,11,17-21,23-26,30,32-35H,4-10,12-14H2,1-2H3. The van der Waals surface area contributed by atoms with Crippen LogP contribution in [-0.4, -0.2) is 87.1 Å². The van der Waals surface area contributed by atoms with Crippen LogP contribution in [0.25, 0.3) is 0 Å². The second-order valence-corrected chi connectivity index (χ2v) is 13.1. The first kappa shape index (κ1) is 26.9. The van der Waals surface area contributed by atoms with Gasteiger partial charge in [0.2, 0.25) is 0 Å². The van der Waals surface area contributed by atoms with Crippen molar-refractivity contribution < 1.29 is 44.5 Å². The molecule has 2 aliphatic heterocycles. The van der Waals surface area contributed by atoms with Crippen molar-refractivity contribution in [3.8, 4) is 0 Å². The summed E-state index contributed by atoms with van der Waals surface area (Å²) in [5.74, 6) is 0.401. The molecule has 0 aromatic carbocycles. The lowest BCUT2D eigenvalue weighted by Gasteiger charge is -2.61. The van der Waals surface area contributed by atoms with Crippen LogP contribution in [0.5, 0.6) is 0 Å². The van der Waals surface area contributed by atoms with E-state index >= 15 is 0 Å². The van der Waals surface area contributed by atoms with Crippen LogP contribution in [0.4, 0.5) is 0 Å². The van der Waals surface area contributed by atoms with Gasteiger partial charge < -0.3 is 39.7 Å². The van der Waals surface area contributed by atoms with Gasteiger partial charge in [-0.3, -0.25) is 0 Å². The molecule has 9 nitrogen and oxygen atoms in total. The fraction of sp³-hybridized carbons (Fsp3) is 0.828. The molecule has 0 amide bonds. The Bertz CT molecular complexity index is 1020. The van der Waals surface area contributed by atoms with E-state index in [0.717, 1.165) is 50.5 Å². The van der Waals surface area contributed by atoms with E-state index in [4.69, 9.17) is 14.2 Å². The highest BCUT2D eigenvalue weighted by Gasteiger charge is 2.67. The van der Waals surface area contributed by atoms with Crippen molar-refractivity contribution in [3.05, 3.63) is 23.3 Å². The molecule has 0 aromatic heterocycles. The summed E-state index contributed by atoms with van der Waals surface area (Å²) in [6, 6.07) is 0. The highest BCUT2D eigenvalue weighted by Crippen LogP contribution is 2.69. The topological polar surface area (TPSA) is 146 Å². The van der Waals surface area contributed by atoms with Gasteiger partial charge in [-0.25, -0.2) is 4.79 Å². The van der Waals surface area contributed by atoms with Gasteiger partial charge in [0.25, 0.3) is 0 Å². The summed E-state index contributed by atoms with van der Waals surface area (Å²) < 4.78 is 16.9. The summed E-state index contributed by atoms with van der Waals surface area (Å²) in [6.07, 6.45) is 4.01. The molecule has 1 saturated heterocycles. The molecule has 4 fully saturated rings. The predicted octanol–water partition coefficient (Wildman–Crippen LogP) is 1.35. The fourth-order valence-electron chi connectivity index (χ4n) is 9.26. The summed E-state index contributed by atoms with van der Waals surface area (Å²) in [7, 11) is 0. The largest absolute Gasteiger partial charge is 0.458 e. The van der Waals surface area contributed by atoms with Crippen molar-refractivity contribution in [1.82, 2.24) is 0 Å². The van der Waals surface area contributed by atoms with Gasteiger partial charge in [0.05, 0.1) is 18.3 Å². The predicted molar refractivity (Wildman–Crippen MR) is 134 cm³/mol. The third-order valence-electron chi connectivity index (χ3n) is 11.6. The molecule has 12 unspecified atom stereocenters. The Labute approximate surface area is 223 Å². The summed E-state index contributed by atoms with van der Waals surface area (Å²) in [6.45, 7) is 4.41. The summed E-state index contributed by atoms with van der Waals surface area (Å²) in [5, 5.41) is 52.5. The van der Waals surface area contributed by atoms with Crippen LogP contribution in [0.15, 0.2) is 23.3 Å². The van der Waals surface area contributed by atoms with E-state index < -0.39 is 42.9 Å². The van der Waals surface area contributed by atoms with Gasteiger partial charge in [-0.2, -0.15) is 0 Å². The first-order chi connectivity index (χ1) is 18.0. The van der Waals surface area contributed by atoms with E-state index in [1.165, 1.54) is 5.57 Å². The Balaban J connectivity index is 1.19. The Kier molecular flexibility index (Phi) is 6.62. The molecule has 212 valence electrons. The number of carbonyl (C=O) groups is 1. The number of allylic oxidation sites excluding steroid dienone is 1. The Hall–Kier alpha value is -1.33. The lowest BCUT2D eigenvalue weighted by molar-refractivity contribution is -0.313. The SMILES string of the molecule is CC12CCC(OC3OC(CO)C(O)C(O)C3O)CC1=CCC1C2CCC2(C)C(C3=CC(=O)OC3)CCC12O. The second-order valence-electron chi connectivity index (χ2n) is 13.1. The van der Waals surface area contributed by atoms with Crippen molar-refractivity contribution in [3.63, 3.8) is 0 Å². The number of esters is 1. The van der Waals surface area contributed by atoms with Gasteiger partial charge in [0, 0.05) is 11.5 Å². The van der Waals surface area contributed by atoms with Crippen molar-refractivity contribution in [2.45, 2.75) is 108 Å². The average molecular weight is 535 g/mol. The minimum Gasteiger partial charge on any atom is -0.458 e. The number of cyclic esters (lactones) is 1. The van der Waals surface area contributed by atoms with Crippen molar-refractivity contribution in [2.75, 3.05) is 13.2 Å². The van der Waals surface area contributed by atoms with Crippen LogP contribution >= 0.6 is 0 Å². The molecule has 3 saturated carbocycles. The molecule has 5 N–H and O–H groups in total. The lowest BCUT2D eigenvalue weighted by Crippen LogP contribution is -2.61. The molecule has 0 aromatic rings. The van der Waals surface area contributed by atoms with E-state index in [1.54, 1.807) is 6.08 Å². The van der Waals surface area contributed by atoms with Crippen LogP contribution in [0, 0.1) is 28.6 Å². The third kappa shape index (κ3) is 3.80. The van der Waals surface area contributed by atoms with E-state index in [-0.39, 0.29) is 34.7 Å². The molecule has 38 heavy (non-hydrogen) atoms. The number of hydrogen-bond acceptors (Lipinski definition) is 9. The maximum Gasteiger partial charge on any atom is 0.331 e. The van der Waals surface area contributed by atoms with Gasteiger partial charge >= 0.3 is 5.97 Å². The first-order valence-electron chi connectivity index (χ1n) is 14.3. The molecular formula is C29H42O9. The molecule has 0 bridgehead atoms. The van der Waals surface area contributed by atoms with Crippen LogP contribution < -0.4 is 0 Å². The average Bonchev–Trinajstić information content (AvgIpc) is 3.44. The minimum absolute atomic E-state index is 0.0565. The number of carbonyl (C=O) groups excluding carboxylic acids is 1. The van der Waals surface area contributed by atoms with Gasteiger partial charge in [-0.1, -0.05) is 25.5 Å². The number of aliphatic hydroxyl groups is 5. The van der Waals surface area contributed by atoms with Gasteiger partial charge in [-0.05, 0) is 80.1 Å². The lowest BCUT2D eigenvalue weighted by atomic mass is 9.45. The normalized spacial score (nSPS) is 52.4. The second kappa shape index (κ2) is 9.36. The number of hydrogen-bond donors (Lipinski definition) is 5. The smallest absolute Gasteiger partial charge is 0.331 e. The highest BCUT2D eigenvalue weighted by atomic mass is 16.7. The maximum atomic E-state index is 12.3. The Morgan fingerprint density at radius 2 is 1.82 bits per heavy atom. The van der Waals surface area contributed by atoms with Crippen molar-refractivity contribution in [1.29, 1.82) is 0 Å². The molecule has 0 radical (unpaired) electrons. The first-order valence-corrected chi connectivity index (χ1v) is 14.3. The number of rotatable bonds is 4. The fourth-order valence-corrected chi connectivity index (χ4v) is 9.26. The van der Waals surface area contributed by atoms with Crippen molar-refractivity contribution >= 4 is 5.97 Å². The van der Waals surface area contributed by atoms with Crippen molar-refractivity contribution in [2.24, 2.45) is 28.6 Å². The zero-order chi connectivity index (χ0) is 27.0. The quantitative estimate of drug-likeness (QED) is 0.266. The number of ether oxygens (including phenoxy) is 3. The van der Waals surface area contributed by atoms with Crippen LogP contribution in [0.1, 0.15) is 65.2 Å². The molecule has 0 spiro atoms. The molecule has 6 aliphatic rings. The number of fused-ring (bicyclic) bond motifs is 5. The van der Waals surface area contributed by atoms with E-state index in [1.807, 2.05) is 0 Å². The molecule has 9 heteroatoms. The van der Waals surface area contributed by atoms with Gasteiger partial charge in [0.1, 0.15) is 31.0 Å². The summed E-state index contributed by atoms with van der Waals surface area (Å²) in [5.41, 5.74) is 1.23. The van der Waals surface area contributed by atoms with Gasteiger partial charge in [-0.15, -0.1) is 0 Å². The molecule has 4 aliphatic carbocycles. The Morgan fingerprint density at radius 3 is 2.53 bits per heavy atom. The summed E-state index contributed by atoms with van der Waals surface area (Å²) in [4.78, 5) is 11.8. The monoisotopic (exact) mass is 534 g/mol. The third-order valence-corrected chi connectivity index (χ3v) is 11.6. The molecule has 12 atom stereocenters. The van der Waals surface area contributed by atoms with E-state index in [0.29, 0.717) is 18.9 Å². The Morgan fingerprint density at radius 1 is 1.03 bits per heavy atom. The van der Waals surface area contributed by atoms with E-state index in [9.17, 15) is 30.3 Å². The molecule has 6 rings (SSSR count). The zero-order valence-electron chi connectivity index (χ0n) is 22.3. The van der Waals surface area contributed by atoms with Gasteiger partial charge in [0.15, 0.2) is 6.29 Å². The van der Waals surface area contributed by atoms with Crippen LogP contribution in [0.2, 0.25) is 0 Å². The molecular weight excluding hydrogens is 492 g/mol. The highest BCUT2D eigenvalue weighted by molar-refractivity contribution is 5.85. The number of aliphatic hydroxyl groups excluding tert-OH is 4. The molecule has 2 heterocycles. The van der Waals surface area contributed by atoms with Crippen LogP contribution in [0.3, 0.4) is 0 Å². The maximum absolute atomic E-state index is 12.3. The zero-order valence-corrected chi connectivity index (χ0v) is 22.3.